The van der Waals surface area contributed by atoms with E-state index in [4.69, 9.17) is 15.2 Å². The Morgan fingerprint density at radius 1 is 1.25 bits per heavy atom. The van der Waals surface area contributed by atoms with E-state index in [1.807, 2.05) is 0 Å². The molecule has 0 saturated heterocycles. The summed E-state index contributed by atoms with van der Waals surface area (Å²) < 4.78 is 10.4. The van der Waals surface area contributed by atoms with Gasteiger partial charge in [-0.2, -0.15) is 0 Å². The van der Waals surface area contributed by atoms with Gasteiger partial charge in [-0.1, -0.05) is 0 Å². The molecule has 2 aromatic rings. The van der Waals surface area contributed by atoms with Gasteiger partial charge in [0.2, 0.25) is 6.79 Å². The highest BCUT2D eigenvalue weighted by Crippen LogP contribution is 2.32. The number of nitrogens with two attached hydrogens (primary N) is 1. The van der Waals surface area contributed by atoms with Gasteiger partial charge in [-0.15, -0.1) is 0 Å². The average Bonchev–Trinajstić information content (AvgIpc) is 2.94. The lowest BCUT2D eigenvalue weighted by Crippen LogP contribution is -2.13. The number of pyridine rings is 1. The number of ether oxygens (including phenoxy) is 2. The average molecular weight is 271 g/mol. The highest BCUT2D eigenvalue weighted by Gasteiger charge is 2.16. The Hall–Kier alpha value is -2.60. The summed E-state index contributed by atoms with van der Waals surface area (Å²) in [5.74, 6) is 1.42. The predicted octanol–water partition coefficient (Wildman–Crippen LogP) is 1.52. The molecule has 1 aliphatic rings. The highest BCUT2D eigenvalue weighted by atomic mass is 16.7. The molecule has 0 bridgehead atoms. The molecule has 0 fully saturated rings. The van der Waals surface area contributed by atoms with Crippen molar-refractivity contribution in [2.24, 2.45) is 5.73 Å². The van der Waals surface area contributed by atoms with E-state index in [0.29, 0.717) is 29.4 Å². The molecule has 102 valence electrons. The van der Waals surface area contributed by atoms with Crippen molar-refractivity contribution in [1.82, 2.24) is 4.98 Å². The minimum atomic E-state index is -0.259. The molecule has 1 amide bonds. The zero-order valence-corrected chi connectivity index (χ0v) is 10.6. The Morgan fingerprint density at radius 3 is 2.95 bits per heavy atom. The van der Waals surface area contributed by atoms with Gasteiger partial charge in [-0.05, 0) is 35.9 Å². The van der Waals surface area contributed by atoms with E-state index < -0.39 is 0 Å². The lowest BCUT2D eigenvalue weighted by molar-refractivity contribution is 0.102. The zero-order chi connectivity index (χ0) is 13.9. The van der Waals surface area contributed by atoms with Gasteiger partial charge in [-0.25, -0.2) is 4.98 Å². The van der Waals surface area contributed by atoms with Gasteiger partial charge in [0, 0.05) is 18.3 Å². The van der Waals surface area contributed by atoms with Gasteiger partial charge in [-0.3, -0.25) is 4.79 Å². The molecule has 0 atom stereocenters. The van der Waals surface area contributed by atoms with Crippen LogP contribution in [0.5, 0.6) is 11.5 Å². The van der Waals surface area contributed by atoms with Gasteiger partial charge in [0.05, 0.1) is 0 Å². The van der Waals surface area contributed by atoms with Crippen molar-refractivity contribution in [3.8, 4) is 11.5 Å². The number of carbonyl (C=O) groups is 1. The van der Waals surface area contributed by atoms with Crippen molar-refractivity contribution >= 4 is 11.7 Å². The third kappa shape index (κ3) is 2.41. The summed E-state index contributed by atoms with van der Waals surface area (Å²) in [5, 5.41) is 2.72. The Morgan fingerprint density at radius 2 is 2.10 bits per heavy atom. The Labute approximate surface area is 115 Å². The number of hydrogen-bond donors (Lipinski definition) is 2. The molecule has 0 unspecified atom stereocenters. The van der Waals surface area contributed by atoms with Crippen LogP contribution in [0.1, 0.15) is 15.9 Å². The summed E-state index contributed by atoms with van der Waals surface area (Å²) >= 11 is 0. The van der Waals surface area contributed by atoms with Crippen LogP contribution in [0.15, 0.2) is 36.5 Å². The largest absolute Gasteiger partial charge is 0.454 e. The van der Waals surface area contributed by atoms with Gasteiger partial charge in [0.25, 0.3) is 5.91 Å². The molecule has 0 aliphatic carbocycles. The maximum atomic E-state index is 12.1. The smallest absolute Gasteiger partial charge is 0.256 e. The number of benzene rings is 1. The molecule has 3 N–H and O–H groups in total. The minimum Gasteiger partial charge on any atom is -0.454 e. The SMILES string of the molecule is NCc1ccnc(NC(=O)c2ccc3c(c2)OCO3)c1. The van der Waals surface area contributed by atoms with Gasteiger partial charge < -0.3 is 20.5 Å². The second kappa shape index (κ2) is 5.18. The summed E-state index contributed by atoms with van der Waals surface area (Å²) in [6.45, 7) is 0.579. The van der Waals surface area contributed by atoms with Crippen LogP contribution in [0.3, 0.4) is 0 Å². The second-order valence-corrected chi connectivity index (χ2v) is 4.28. The summed E-state index contributed by atoms with van der Waals surface area (Å²) in [6.07, 6.45) is 1.61. The van der Waals surface area contributed by atoms with Gasteiger partial charge in [0.15, 0.2) is 11.5 Å². The van der Waals surface area contributed by atoms with Crippen LogP contribution in [-0.2, 0) is 6.54 Å². The summed E-state index contributed by atoms with van der Waals surface area (Å²) in [4.78, 5) is 16.2. The molecule has 0 saturated carbocycles. The number of nitrogens with one attached hydrogen (secondary N) is 1. The first-order chi connectivity index (χ1) is 9.76. The molecule has 1 aliphatic heterocycles. The van der Waals surface area contributed by atoms with Gasteiger partial charge >= 0.3 is 0 Å². The predicted molar refractivity (Wildman–Crippen MR) is 72.6 cm³/mol. The Kier molecular flexibility index (Phi) is 3.22. The lowest BCUT2D eigenvalue weighted by atomic mass is 10.2. The van der Waals surface area contributed by atoms with Crippen molar-refractivity contribution in [2.45, 2.75) is 6.54 Å². The molecule has 1 aromatic carbocycles. The van der Waals surface area contributed by atoms with Crippen LogP contribution in [0.4, 0.5) is 5.82 Å². The molecular weight excluding hydrogens is 258 g/mol. The number of carbonyl (C=O) groups excluding carboxylic acids is 1. The molecule has 1 aromatic heterocycles. The normalized spacial score (nSPS) is 12.2. The van der Waals surface area contributed by atoms with E-state index in [1.54, 1.807) is 36.5 Å². The maximum absolute atomic E-state index is 12.1. The van der Waals surface area contributed by atoms with Crippen LogP contribution in [0, 0.1) is 0 Å². The minimum absolute atomic E-state index is 0.181. The molecule has 20 heavy (non-hydrogen) atoms. The van der Waals surface area contributed by atoms with Crippen molar-refractivity contribution < 1.29 is 14.3 Å². The van der Waals surface area contributed by atoms with Crippen LogP contribution in [-0.4, -0.2) is 17.7 Å². The standard InChI is InChI=1S/C14H13N3O3/c15-7-9-3-4-16-13(5-9)17-14(18)10-1-2-11-12(6-10)20-8-19-11/h1-6H,7-8,15H2,(H,16,17,18). The third-order valence-electron chi connectivity index (χ3n) is 2.94. The molecule has 0 radical (unpaired) electrons. The fourth-order valence-electron chi connectivity index (χ4n) is 1.90. The van der Waals surface area contributed by atoms with Crippen LogP contribution in [0.2, 0.25) is 0 Å². The first-order valence-electron chi connectivity index (χ1n) is 6.12. The molecule has 2 heterocycles. The Balaban J connectivity index is 1.79. The van der Waals surface area contributed by atoms with Crippen LogP contribution >= 0.6 is 0 Å². The summed E-state index contributed by atoms with van der Waals surface area (Å²) in [6, 6.07) is 8.57. The number of rotatable bonds is 3. The van der Waals surface area contributed by atoms with Crippen LogP contribution < -0.4 is 20.5 Å². The fraction of sp³-hybridized carbons (Fsp3) is 0.143. The number of anilines is 1. The van der Waals surface area contributed by atoms with Crippen molar-refractivity contribution in [3.05, 3.63) is 47.7 Å². The number of fused-ring (bicyclic) bond motifs is 1. The molecule has 6 nitrogen and oxygen atoms in total. The number of aromatic nitrogens is 1. The highest BCUT2D eigenvalue weighted by molar-refractivity contribution is 6.04. The number of nitrogens with zero attached hydrogens (tertiary/aromatic N) is 1. The number of amides is 1. The first-order valence-corrected chi connectivity index (χ1v) is 6.12. The first kappa shape index (κ1) is 12.4. The quantitative estimate of drug-likeness (QED) is 0.883. The van der Waals surface area contributed by atoms with Gasteiger partial charge in [0.1, 0.15) is 5.82 Å². The maximum Gasteiger partial charge on any atom is 0.256 e. The molecule has 6 heteroatoms. The third-order valence-corrected chi connectivity index (χ3v) is 2.94. The summed E-state index contributed by atoms with van der Waals surface area (Å²) in [5.41, 5.74) is 6.94. The second-order valence-electron chi connectivity index (χ2n) is 4.28. The van der Waals surface area contributed by atoms with Crippen molar-refractivity contribution in [3.63, 3.8) is 0 Å². The van der Waals surface area contributed by atoms with E-state index in [2.05, 4.69) is 10.3 Å². The van der Waals surface area contributed by atoms with Crippen molar-refractivity contribution in [2.75, 3.05) is 12.1 Å². The molecule has 3 rings (SSSR count). The van der Waals surface area contributed by atoms with E-state index >= 15 is 0 Å². The van der Waals surface area contributed by atoms with E-state index in [0.717, 1.165) is 5.56 Å². The zero-order valence-electron chi connectivity index (χ0n) is 10.6. The lowest BCUT2D eigenvalue weighted by Gasteiger charge is -2.06. The fourth-order valence-corrected chi connectivity index (χ4v) is 1.90. The monoisotopic (exact) mass is 271 g/mol. The topological polar surface area (TPSA) is 86.5 Å². The van der Waals surface area contributed by atoms with E-state index in [-0.39, 0.29) is 12.7 Å². The van der Waals surface area contributed by atoms with E-state index in [9.17, 15) is 4.79 Å². The van der Waals surface area contributed by atoms with E-state index in [1.165, 1.54) is 0 Å². The molecule has 0 spiro atoms. The number of hydrogen-bond acceptors (Lipinski definition) is 5. The molecular formula is C14H13N3O3. The van der Waals surface area contributed by atoms with Crippen molar-refractivity contribution in [1.29, 1.82) is 0 Å². The Bertz CT molecular complexity index is 658. The summed E-state index contributed by atoms with van der Waals surface area (Å²) in [7, 11) is 0. The van der Waals surface area contributed by atoms with Crippen LogP contribution in [0.25, 0.3) is 0 Å².